The van der Waals surface area contributed by atoms with E-state index < -0.39 is 11.7 Å². The number of fused-ring (bicyclic) bond motifs is 1. The number of aromatic nitrogens is 2. The molecule has 1 aliphatic heterocycles. The van der Waals surface area contributed by atoms with Gasteiger partial charge in [-0.3, -0.25) is 0 Å². The number of nitrogens with zero attached hydrogens (tertiary/aromatic N) is 4. The summed E-state index contributed by atoms with van der Waals surface area (Å²) in [6, 6.07) is 1.77. The van der Waals surface area contributed by atoms with Gasteiger partial charge >= 0.3 is 6.09 Å². The molecule has 2 aromatic rings. The van der Waals surface area contributed by atoms with Crippen LogP contribution in [-0.2, 0) is 9.47 Å². The summed E-state index contributed by atoms with van der Waals surface area (Å²) in [5, 5.41) is 0.552. The van der Waals surface area contributed by atoms with Crippen molar-refractivity contribution in [1.29, 1.82) is 0 Å². The van der Waals surface area contributed by atoms with Crippen molar-refractivity contribution in [3.8, 4) is 0 Å². The Labute approximate surface area is 149 Å². The summed E-state index contributed by atoms with van der Waals surface area (Å²) in [7, 11) is 0. The molecule has 0 unspecified atom stereocenters. The highest BCUT2D eigenvalue weighted by Crippen LogP contribution is 2.37. The van der Waals surface area contributed by atoms with Gasteiger partial charge in [-0.05, 0) is 20.8 Å². The normalized spacial score (nSPS) is 15.6. The van der Waals surface area contributed by atoms with Gasteiger partial charge in [0.1, 0.15) is 22.7 Å². The molecule has 0 spiro atoms. The van der Waals surface area contributed by atoms with Crippen LogP contribution in [0.3, 0.4) is 0 Å². The Hall–Kier alpha value is -1.64. The van der Waals surface area contributed by atoms with E-state index in [1.807, 2.05) is 0 Å². The summed E-state index contributed by atoms with van der Waals surface area (Å²) in [4.78, 5) is 23.0. The van der Waals surface area contributed by atoms with E-state index in [1.54, 1.807) is 26.8 Å². The second-order valence-corrected chi connectivity index (χ2v) is 7.73. The van der Waals surface area contributed by atoms with Gasteiger partial charge in [-0.2, -0.15) is 4.42 Å². The molecule has 3 rings (SSSR count). The van der Waals surface area contributed by atoms with Crippen LogP contribution in [-0.4, -0.2) is 48.0 Å². The molecule has 7 nitrogen and oxygen atoms in total. The minimum absolute atomic E-state index is 0.552. The molecular weight excluding hydrogens is 352 g/mol. The number of rotatable bonds is 2. The van der Waals surface area contributed by atoms with Crippen molar-refractivity contribution in [2.75, 3.05) is 35.6 Å². The third-order valence-electron chi connectivity index (χ3n) is 3.34. The lowest BCUT2D eigenvalue weighted by molar-refractivity contribution is 0.0610. The maximum Gasteiger partial charge on any atom is 0.430 e. The van der Waals surface area contributed by atoms with E-state index in [0.717, 1.165) is 33.5 Å². The molecule has 9 heteroatoms. The largest absolute Gasteiger partial charge is 0.443 e. The minimum atomic E-state index is -0.614. The van der Waals surface area contributed by atoms with Crippen LogP contribution in [0.25, 0.3) is 10.2 Å². The van der Waals surface area contributed by atoms with Crippen molar-refractivity contribution >= 4 is 50.2 Å². The van der Waals surface area contributed by atoms with Gasteiger partial charge in [0.05, 0.1) is 23.4 Å². The van der Waals surface area contributed by atoms with Crippen LogP contribution in [0.5, 0.6) is 0 Å². The predicted molar refractivity (Wildman–Crippen MR) is 95.0 cm³/mol. The Morgan fingerprint density at radius 3 is 2.75 bits per heavy atom. The van der Waals surface area contributed by atoms with E-state index in [1.165, 1.54) is 17.7 Å². The third-order valence-corrected chi connectivity index (χ3v) is 4.86. The zero-order valence-corrected chi connectivity index (χ0v) is 15.4. The maximum absolute atomic E-state index is 12.1. The number of ether oxygens (including phenoxy) is 2. The molecule has 2 aromatic heterocycles. The summed E-state index contributed by atoms with van der Waals surface area (Å²) in [6.45, 7) is 8.27. The number of halogens is 1. The predicted octanol–water partition coefficient (Wildman–Crippen LogP) is 3.42. The number of anilines is 2. The van der Waals surface area contributed by atoms with Gasteiger partial charge in [-0.15, -0.1) is 11.3 Å². The number of morpholine rings is 1. The fraction of sp³-hybridized carbons (Fsp3) is 0.533. The maximum atomic E-state index is 12.1. The Bertz CT molecular complexity index is 740. The summed E-state index contributed by atoms with van der Waals surface area (Å²) in [5.74, 6) is 0.841. The SMILES string of the molecule is CC(C)(C)OC(=O)N(Cl)c1cc2ncnc(N3CCOCC3)c2s1. The average molecular weight is 371 g/mol. The highest BCUT2D eigenvalue weighted by molar-refractivity contribution is 7.23. The van der Waals surface area contributed by atoms with Gasteiger partial charge in [0.25, 0.3) is 0 Å². The van der Waals surface area contributed by atoms with Gasteiger partial charge in [0, 0.05) is 30.9 Å². The quantitative estimate of drug-likeness (QED) is 0.754. The lowest BCUT2D eigenvalue weighted by Gasteiger charge is -2.27. The second kappa shape index (κ2) is 6.70. The van der Waals surface area contributed by atoms with Crippen LogP contribution in [0, 0.1) is 0 Å². The highest BCUT2D eigenvalue weighted by Gasteiger charge is 2.25. The van der Waals surface area contributed by atoms with E-state index in [-0.39, 0.29) is 0 Å². The molecule has 130 valence electrons. The number of thiophene rings is 1. The Kier molecular flexibility index (Phi) is 4.80. The molecule has 1 amide bonds. The van der Waals surface area contributed by atoms with Crippen LogP contribution < -0.4 is 9.32 Å². The zero-order chi connectivity index (χ0) is 17.3. The Morgan fingerprint density at radius 2 is 2.08 bits per heavy atom. The molecule has 0 saturated carbocycles. The highest BCUT2D eigenvalue weighted by atomic mass is 35.5. The molecule has 0 aliphatic carbocycles. The molecule has 0 radical (unpaired) electrons. The Balaban J connectivity index is 1.89. The van der Waals surface area contributed by atoms with Crippen LogP contribution >= 0.6 is 23.1 Å². The standard InChI is InChI=1S/C15H19ClN4O3S/c1-15(2,3)23-14(21)20(16)11-8-10-12(24-11)13(18-9-17-10)19-4-6-22-7-5-19/h8-9H,4-7H2,1-3H3. The smallest absolute Gasteiger partial charge is 0.430 e. The van der Waals surface area contributed by atoms with Crippen LogP contribution in [0.1, 0.15) is 20.8 Å². The summed E-state index contributed by atoms with van der Waals surface area (Å²) in [5.41, 5.74) is 0.139. The fourth-order valence-electron chi connectivity index (χ4n) is 2.32. The lowest BCUT2D eigenvalue weighted by Crippen LogP contribution is -2.36. The molecular formula is C15H19ClN4O3S. The van der Waals surface area contributed by atoms with Crippen molar-refractivity contribution in [2.24, 2.45) is 0 Å². The van der Waals surface area contributed by atoms with E-state index in [2.05, 4.69) is 14.9 Å². The molecule has 0 bridgehead atoms. The van der Waals surface area contributed by atoms with E-state index >= 15 is 0 Å². The molecule has 1 fully saturated rings. The third kappa shape index (κ3) is 3.71. The molecule has 0 aromatic carbocycles. The average Bonchev–Trinajstić information content (AvgIpc) is 2.97. The van der Waals surface area contributed by atoms with Crippen LogP contribution in [0.15, 0.2) is 12.4 Å². The summed E-state index contributed by atoms with van der Waals surface area (Å²) in [6.07, 6.45) is 0.909. The van der Waals surface area contributed by atoms with Gasteiger partial charge in [-0.25, -0.2) is 14.8 Å². The van der Waals surface area contributed by atoms with Crippen molar-refractivity contribution in [2.45, 2.75) is 26.4 Å². The van der Waals surface area contributed by atoms with E-state index in [0.29, 0.717) is 18.2 Å². The molecule has 1 saturated heterocycles. The topological polar surface area (TPSA) is 67.8 Å². The van der Waals surface area contributed by atoms with E-state index in [9.17, 15) is 4.79 Å². The number of carbonyl (C=O) groups excluding carboxylic acids is 1. The first-order valence-corrected chi connectivity index (χ1v) is 8.77. The second-order valence-electron chi connectivity index (χ2n) is 6.36. The zero-order valence-electron chi connectivity index (χ0n) is 13.8. The number of hydrogen-bond acceptors (Lipinski definition) is 7. The first-order chi connectivity index (χ1) is 11.3. The van der Waals surface area contributed by atoms with E-state index in [4.69, 9.17) is 21.3 Å². The lowest BCUT2D eigenvalue weighted by atomic mass is 10.2. The van der Waals surface area contributed by atoms with Crippen molar-refractivity contribution in [3.63, 3.8) is 0 Å². The van der Waals surface area contributed by atoms with Crippen LogP contribution in [0.4, 0.5) is 15.6 Å². The Morgan fingerprint density at radius 1 is 1.38 bits per heavy atom. The van der Waals surface area contributed by atoms with Crippen molar-refractivity contribution in [1.82, 2.24) is 9.97 Å². The molecule has 0 atom stereocenters. The van der Waals surface area contributed by atoms with Gasteiger partial charge in [-0.1, -0.05) is 0 Å². The fourth-order valence-corrected chi connectivity index (χ4v) is 3.53. The van der Waals surface area contributed by atoms with Crippen LogP contribution in [0.2, 0.25) is 0 Å². The minimum Gasteiger partial charge on any atom is -0.443 e. The number of hydrogen-bond donors (Lipinski definition) is 0. The van der Waals surface area contributed by atoms with Gasteiger partial charge in [0.2, 0.25) is 0 Å². The molecule has 3 heterocycles. The van der Waals surface area contributed by atoms with Crippen molar-refractivity contribution < 1.29 is 14.3 Å². The molecule has 0 N–H and O–H groups in total. The first kappa shape index (κ1) is 17.2. The number of amides is 1. The molecule has 1 aliphatic rings. The summed E-state index contributed by atoms with van der Waals surface area (Å²) < 4.78 is 12.6. The van der Waals surface area contributed by atoms with Gasteiger partial charge < -0.3 is 14.4 Å². The first-order valence-electron chi connectivity index (χ1n) is 7.61. The monoisotopic (exact) mass is 370 g/mol. The summed E-state index contributed by atoms with van der Waals surface area (Å²) >= 11 is 7.53. The van der Waals surface area contributed by atoms with Crippen molar-refractivity contribution in [3.05, 3.63) is 12.4 Å². The molecule has 24 heavy (non-hydrogen) atoms. The number of carbonyl (C=O) groups is 1. The van der Waals surface area contributed by atoms with Gasteiger partial charge in [0.15, 0.2) is 0 Å².